The van der Waals surface area contributed by atoms with Crippen LogP contribution in [0, 0.1) is 0 Å². The minimum atomic E-state index is -4.68. The summed E-state index contributed by atoms with van der Waals surface area (Å²) in [6.07, 6.45) is 0.886. The Morgan fingerprint density at radius 3 is 1.25 bits per heavy atom. The maximum absolute atomic E-state index is 14.9. The van der Waals surface area contributed by atoms with Crippen LogP contribution in [0.3, 0.4) is 0 Å². The Hall–Kier alpha value is -6.34. The zero-order valence-electron chi connectivity index (χ0n) is 36.8. The molecule has 0 radical (unpaired) electrons. The number of hydrogen-bond donors (Lipinski definition) is 5. The molecule has 5 N–H and O–H groups in total. The number of sulfonamides is 2. The predicted octanol–water partition coefficient (Wildman–Crippen LogP) is 4.80. The Balaban J connectivity index is 1.37. The Kier molecular flexibility index (Phi) is 14.8. The molecule has 6 aromatic rings. The summed E-state index contributed by atoms with van der Waals surface area (Å²) in [5.74, 6) is -1.90. The van der Waals surface area contributed by atoms with Crippen molar-refractivity contribution in [3.8, 4) is 5.75 Å². The quantitative estimate of drug-likeness (QED) is 0.0319. The minimum absolute atomic E-state index is 0.0384. The molecule has 0 fully saturated rings. The summed E-state index contributed by atoms with van der Waals surface area (Å²) in [5.41, 5.74) is 1.38. The second-order valence-corrected chi connectivity index (χ2v) is 24.1. The molecule has 0 saturated carbocycles. The fourth-order valence-electron chi connectivity index (χ4n) is 7.22. The van der Waals surface area contributed by atoms with Crippen molar-refractivity contribution in [2.75, 3.05) is 48.9 Å². The van der Waals surface area contributed by atoms with Crippen molar-refractivity contribution in [2.24, 2.45) is 0 Å². The monoisotopic (exact) mass is 1050 g/mol. The van der Waals surface area contributed by atoms with Gasteiger partial charge in [-0.25, -0.2) is 0 Å². The van der Waals surface area contributed by atoms with E-state index in [2.05, 4.69) is 34.4 Å². The van der Waals surface area contributed by atoms with Crippen LogP contribution in [0.5, 0.6) is 5.75 Å². The van der Waals surface area contributed by atoms with Crippen LogP contribution in [0.2, 0.25) is 0 Å². The molecule has 0 aliphatic heterocycles. The van der Waals surface area contributed by atoms with Gasteiger partial charge in [0.25, 0.3) is 11.8 Å². The molecule has 17 nitrogen and oxygen atoms in total. The molecule has 0 aliphatic carbocycles. The van der Waals surface area contributed by atoms with Gasteiger partial charge in [0, 0.05) is 48.5 Å². The van der Waals surface area contributed by atoms with E-state index in [9.17, 15) is 49.5 Å². The van der Waals surface area contributed by atoms with E-state index in [1.165, 1.54) is 86.9 Å². The SMILES string of the molecule is C=C(C)C(=O)NCCCNC(=O)c1ccc(N(C)S(=O)(=O)c2cc(S(=O)(=O)N(C)c3ccc(C(=O)NCCCNC(=O)C(=C)C)cc3)c3ccc4c([S](=O)(=O)[Mo])cc(O)c5ccc2c3c54)cc1. The molecular formula is C46H47MoN6O11S3. The third-order valence-corrected chi connectivity index (χ3v) is 16.8. The number of carbonyl (C=O) groups excluding carboxylic acids is 4. The Morgan fingerprint density at radius 2 is 0.881 bits per heavy atom. The summed E-state index contributed by atoms with van der Waals surface area (Å²) in [7, 11) is -10.8. The maximum atomic E-state index is 14.9. The molecule has 6 aromatic carbocycles. The Labute approximate surface area is 398 Å². The average Bonchev–Trinajstić information content (AvgIpc) is 3.29. The van der Waals surface area contributed by atoms with E-state index in [0.717, 1.165) is 39.3 Å². The van der Waals surface area contributed by atoms with Crippen LogP contribution >= 0.6 is 0 Å². The van der Waals surface area contributed by atoms with Crippen LogP contribution < -0.4 is 29.9 Å². The Morgan fingerprint density at radius 1 is 0.537 bits per heavy atom. The van der Waals surface area contributed by atoms with Gasteiger partial charge in [-0.15, -0.1) is 0 Å². The summed E-state index contributed by atoms with van der Waals surface area (Å²) < 4.78 is 87.4. The number of phenolic OH excluding ortho intramolecular Hbond substituents is 1. The molecule has 0 heterocycles. The first-order valence-electron chi connectivity index (χ1n) is 20.5. The first kappa shape index (κ1) is 50.1. The standard InChI is InChI=1S/C46H47N6O11S3.Mo/c1-27(2)43(54)47-21-7-23-49-45(56)29-9-13-31(14-10-29)51(5)65(60,61)39-26-40(36-20-18-34-38(64(58)59)25-37(53)33-17-19-35(39)42(36)41(33)34)66(62,63)52(6)32-15-11-30(12-16-32)46(57)50-24-8-22-48-44(55)28(3)4;/h9-20,25-26,53H,1,3,7-8,21-24H2,2,4-6H3,(H,47,54)(H,48,55)(H,49,56)(H,50,57);. The van der Waals surface area contributed by atoms with Gasteiger partial charge in [0.05, 0.1) is 0 Å². The predicted molar refractivity (Wildman–Crippen MR) is 253 cm³/mol. The van der Waals surface area contributed by atoms with Crippen molar-refractivity contribution in [2.45, 2.75) is 41.4 Å². The molecule has 0 aromatic heterocycles. The number of anilines is 2. The first-order chi connectivity index (χ1) is 31.5. The number of nitrogens with zero attached hydrogens (tertiary/aromatic N) is 2. The van der Waals surface area contributed by atoms with Gasteiger partial charge in [-0.1, -0.05) is 13.2 Å². The van der Waals surface area contributed by atoms with Gasteiger partial charge in [0.1, 0.15) is 0 Å². The number of phenols is 1. The van der Waals surface area contributed by atoms with Crippen molar-refractivity contribution < 1.29 is 68.1 Å². The topological polar surface area (TPSA) is 246 Å². The van der Waals surface area contributed by atoms with E-state index in [-0.39, 0.29) is 84.6 Å². The molecule has 21 heteroatoms. The Bertz CT molecular complexity index is 3180. The van der Waals surface area contributed by atoms with Crippen LogP contribution in [0.4, 0.5) is 11.4 Å². The zero-order valence-corrected chi connectivity index (χ0v) is 41.3. The van der Waals surface area contributed by atoms with E-state index in [4.69, 9.17) is 0 Å². The van der Waals surface area contributed by atoms with Gasteiger partial charge >= 0.3 is 248 Å². The summed E-state index contributed by atoms with van der Waals surface area (Å²) in [4.78, 5) is 48.1. The number of amides is 4. The van der Waals surface area contributed by atoms with Gasteiger partial charge in [-0.05, 0) is 26.7 Å². The van der Waals surface area contributed by atoms with Crippen molar-refractivity contribution in [1.82, 2.24) is 21.3 Å². The third kappa shape index (κ3) is 10.5. The van der Waals surface area contributed by atoms with Gasteiger partial charge in [-0.3, -0.25) is 19.2 Å². The van der Waals surface area contributed by atoms with Gasteiger partial charge in [-0.2, -0.15) is 0 Å². The number of aromatic hydroxyl groups is 1. The van der Waals surface area contributed by atoms with E-state index < -0.39 is 54.9 Å². The summed E-state index contributed by atoms with van der Waals surface area (Å²) in [5, 5.41) is 22.5. The summed E-state index contributed by atoms with van der Waals surface area (Å²) in [6, 6.07) is 19.1. The van der Waals surface area contributed by atoms with Crippen molar-refractivity contribution in [3.63, 3.8) is 0 Å². The van der Waals surface area contributed by atoms with E-state index in [1.807, 2.05) is 0 Å². The second kappa shape index (κ2) is 19.9. The number of carbonyl (C=O) groups is 4. The summed E-state index contributed by atoms with van der Waals surface area (Å²) in [6.45, 7) is 11.4. The van der Waals surface area contributed by atoms with Gasteiger partial charge in [0.15, 0.2) is 0 Å². The molecule has 0 atom stereocenters. The third-order valence-electron chi connectivity index (χ3n) is 10.9. The molecule has 0 spiro atoms. The molecular weight excluding hydrogens is 1000 g/mol. The van der Waals surface area contributed by atoms with Crippen molar-refractivity contribution in [3.05, 3.63) is 120 Å². The molecule has 4 amide bonds. The van der Waals surface area contributed by atoms with E-state index >= 15 is 0 Å². The van der Waals surface area contributed by atoms with E-state index in [1.54, 1.807) is 13.8 Å². The van der Waals surface area contributed by atoms with Gasteiger partial charge in [0.2, 0.25) is 11.8 Å². The van der Waals surface area contributed by atoms with Crippen LogP contribution in [0.1, 0.15) is 47.4 Å². The number of benzene rings is 6. The molecule has 0 aliphatic rings. The zero-order chi connectivity index (χ0) is 49.2. The molecule has 0 saturated heterocycles. The van der Waals surface area contributed by atoms with Gasteiger partial charge < -0.3 is 21.3 Å². The fourth-order valence-corrected chi connectivity index (χ4v) is 11.8. The van der Waals surface area contributed by atoms with Crippen LogP contribution in [0.15, 0.2) is 124 Å². The van der Waals surface area contributed by atoms with Crippen molar-refractivity contribution >= 4 is 94.9 Å². The molecule has 6 rings (SSSR count). The molecule has 351 valence electrons. The average molecular weight is 1050 g/mol. The molecule has 0 unspecified atom stereocenters. The second-order valence-electron chi connectivity index (χ2n) is 15.6. The van der Waals surface area contributed by atoms with E-state index in [0.29, 0.717) is 37.1 Å². The van der Waals surface area contributed by atoms with Crippen LogP contribution in [-0.2, 0) is 55.7 Å². The number of hydrogen-bond acceptors (Lipinski definition) is 11. The normalized spacial score (nSPS) is 11.9. The molecule has 67 heavy (non-hydrogen) atoms. The first-order valence-corrected chi connectivity index (χ1v) is 27.3. The number of rotatable bonds is 19. The van der Waals surface area contributed by atoms with Crippen molar-refractivity contribution in [1.29, 1.82) is 0 Å². The summed E-state index contributed by atoms with van der Waals surface area (Å²) >= 11 is 0.864. The number of nitrogens with one attached hydrogen (secondary N) is 4. The fraction of sp³-hybridized carbons (Fsp3) is 0.217. The van der Waals surface area contributed by atoms with Crippen LogP contribution in [0.25, 0.3) is 32.3 Å². The van der Waals surface area contributed by atoms with Crippen LogP contribution in [-0.4, -0.2) is 94.3 Å². The molecule has 0 bridgehead atoms.